The lowest BCUT2D eigenvalue weighted by Gasteiger charge is -2.16. The summed E-state index contributed by atoms with van der Waals surface area (Å²) in [5, 5.41) is 2.39. The maximum absolute atomic E-state index is 13.3. The van der Waals surface area contributed by atoms with Gasteiger partial charge in [0.25, 0.3) is 5.91 Å². The van der Waals surface area contributed by atoms with Crippen molar-refractivity contribution in [2.24, 2.45) is 4.99 Å². The van der Waals surface area contributed by atoms with Crippen molar-refractivity contribution >= 4 is 57.6 Å². The molecule has 2 aliphatic rings. The molecule has 1 saturated heterocycles. The fraction of sp³-hybridized carbons (Fsp3) is 0.273. The molecule has 4 nitrogen and oxygen atoms in total. The van der Waals surface area contributed by atoms with Crippen LogP contribution in [-0.2, 0) is 4.79 Å². The van der Waals surface area contributed by atoms with Crippen molar-refractivity contribution < 1.29 is 4.79 Å². The van der Waals surface area contributed by atoms with E-state index in [0.717, 1.165) is 49.8 Å². The molecule has 0 bridgehead atoms. The van der Waals surface area contributed by atoms with Crippen molar-refractivity contribution in [1.29, 1.82) is 0 Å². The zero-order valence-electron chi connectivity index (χ0n) is 16.6. The van der Waals surface area contributed by atoms with E-state index >= 15 is 0 Å². The molecule has 7 heteroatoms. The Balaban J connectivity index is 1.74. The molecule has 150 valence electrons. The first-order valence-electron chi connectivity index (χ1n) is 9.59. The molecule has 4 rings (SSSR count). The van der Waals surface area contributed by atoms with Gasteiger partial charge in [-0.05, 0) is 54.9 Å². The maximum Gasteiger partial charge on any atom is 0.269 e. The molecule has 0 unspecified atom stereocenters. The quantitative estimate of drug-likeness (QED) is 0.510. The number of carbonyl (C=O) groups excluding carboxylic acids is 1. The second kappa shape index (κ2) is 8.46. The number of amides is 1. The molecule has 0 spiro atoms. The third-order valence-electron chi connectivity index (χ3n) is 4.92. The normalized spacial score (nSPS) is 20.1. The number of nitrogens with zero attached hydrogens (tertiary/aromatic N) is 3. The van der Waals surface area contributed by atoms with Crippen LogP contribution in [0.2, 0.25) is 5.02 Å². The third kappa shape index (κ3) is 3.93. The molecule has 1 amide bonds. The summed E-state index contributed by atoms with van der Waals surface area (Å²) in [5.74, 6) is 0.0315. The van der Waals surface area contributed by atoms with Gasteiger partial charge in [-0.1, -0.05) is 54.9 Å². The highest BCUT2D eigenvalue weighted by Crippen LogP contribution is 2.50. The van der Waals surface area contributed by atoms with Crippen LogP contribution in [0.4, 0.5) is 11.4 Å². The van der Waals surface area contributed by atoms with E-state index in [4.69, 9.17) is 16.6 Å². The molecule has 2 aromatic rings. The first-order chi connectivity index (χ1) is 14.0. The minimum Gasteiger partial charge on any atom is -0.337 e. The molecule has 0 aliphatic carbocycles. The van der Waals surface area contributed by atoms with Crippen LogP contribution in [0.1, 0.15) is 25.3 Å². The predicted octanol–water partition coefficient (Wildman–Crippen LogP) is 6.42. The molecule has 0 aromatic heterocycles. The lowest BCUT2D eigenvalue weighted by atomic mass is 10.2. The van der Waals surface area contributed by atoms with Crippen molar-refractivity contribution in [1.82, 2.24) is 4.90 Å². The van der Waals surface area contributed by atoms with Crippen molar-refractivity contribution in [2.45, 2.75) is 31.6 Å². The van der Waals surface area contributed by atoms with Gasteiger partial charge in [-0.2, -0.15) is 0 Å². The van der Waals surface area contributed by atoms with Gasteiger partial charge < -0.3 is 4.90 Å². The van der Waals surface area contributed by atoms with E-state index in [0.29, 0.717) is 11.6 Å². The van der Waals surface area contributed by atoms with Crippen LogP contribution in [-0.4, -0.2) is 29.6 Å². The minimum atomic E-state index is 0.0315. The second-order valence-electron chi connectivity index (χ2n) is 7.00. The molecule has 0 radical (unpaired) electrons. The number of thioether (sulfide) groups is 2. The number of rotatable bonds is 4. The predicted molar refractivity (Wildman–Crippen MR) is 125 cm³/mol. The van der Waals surface area contributed by atoms with Crippen LogP contribution in [0.15, 0.2) is 62.3 Å². The van der Waals surface area contributed by atoms with Gasteiger partial charge in [-0.25, -0.2) is 4.99 Å². The van der Waals surface area contributed by atoms with Gasteiger partial charge in [0.05, 0.1) is 16.4 Å². The van der Waals surface area contributed by atoms with Crippen LogP contribution >= 0.6 is 35.1 Å². The Labute approximate surface area is 185 Å². The first kappa shape index (κ1) is 20.4. The van der Waals surface area contributed by atoms with Gasteiger partial charge in [-0.15, -0.1) is 0 Å². The number of anilines is 1. The van der Waals surface area contributed by atoms with E-state index in [1.165, 1.54) is 11.8 Å². The number of para-hydroxylation sites is 1. The molecule has 2 aromatic carbocycles. The summed E-state index contributed by atoms with van der Waals surface area (Å²) in [7, 11) is 1.98. The number of amidine groups is 1. The zero-order valence-corrected chi connectivity index (χ0v) is 19.0. The Bertz CT molecular complexity index is 1030. The molecular formula is C22H22ClN3OS2. The van der Waals surface area contributed by atoms with Crippen LogP contribution in [0.5, 0.6) is 0 Å². The van der Waals surface area contributed by atoms with Crippen LogP contribution in [0, 0.1) is 6.92 Å². The molecule has 0 atom stereocenters. The van der Waals surface area contributed by atoms with Crippen molar-refractivity contribution in [3.63, 3.8) is 0 Å². The summed E-state index contributed by atoms with van der Waals surface area (Å²) in [6.45, 7) is 4.85. The number of benzene rings is 2. The molecular weight excluding hydrogens is 422 g/mol. The topological polar surface area (TPSA) is 35.9 Å². The summed E-state index contributed by atoms with van der Waals surface area (Å²) in [6.07, 6.45) is 1.97. The van der Waals surface area contributed by atoms with E-state index < -0.39 is 0 Å². The number of hydrogen-bond acceptors (Lipinski definition) is 5. The van der Waals surface area contributed by atoms with E-state index in [2.05, 4.69) is 11.8 Å². The van der Waals surface area contributed by atoms with Gasteiger partial charge >= 0.3 is 0 Å². The Morgan fingerprint density at radius 3 is 2.69 bits per heavy atom. The van der Waals surface area contributed by atoms with Crippen molar-refractivity contribution in [2.75, 3.05) is 18.5 Å². The number of carbonyl (C=O) groups is 1. The van der Waals surface area contributed by atoms with Gasteiger partial charge in [0.15, 0.2) is 5.17 Å². The molecule has 29 heavy (non-hydrogen) atoms. The van der Waals surface area contributed by atoms with Gasteiger partial charge in [0, 0.05) is 23.5 Å². The number of halogens is 1. The highest BCUT2D eigenvalue weighted by atomic mass is 35.5. The summed E-state index contributed by atoms with van der Waals surface area (Å²) in [4.78, 5) is 23.9. The average Bonchev–Trinajstić information content (AvgIpc) is 3.19. The fourth-order valence-corrected chi connectivity index (χ4v) is 5.75. The van der Waals surface area contributed by atoms with Crippen molar-refractivity contribution in [3.05, 3.63) is 63.0 Å². The van der Waals surface area contributed by atoms with Crippen LogP contribution < -0.4 is 4.90 Å². The summed E-state index contributed by atoms with van der Waals surface area (Å²) >= 11 is 9.26. The average molecular weight is 444 g/mol. The standard InChI is InChI=1S/C22H22ClN3OS2/c1-4-5-12-26-20(27)19(29-22(26)24-16-9-7-6-8-14(16)2)21-25(3)17-13-15(23)10-11-18(17)28-21/h6-11,13H,4-5,12H2,1-3H3/b21-19-,24-22?. The number of aryl methyl sites for hydroxylation is 1. The Morgan fingerprint density at radius 2 is 1.93 bits per heavy atom. The summed E-state index contributed by atoms with van der Waals surface area (Å²) in [6, 6.07) is 13.8. The first-order valence-corrected chi connectivity index (χ1v) is 11.6. The van der Waals surface area contributed by atoms with Gasteiger partial charge in [0.2, 0.25) is 0 Å². The number of fused-ring (bicyclic) bond motifs is 1. The zero-order chi connectivity index (χ0) is 20.5. The van der Waals surface area contributed by atoms with E-state index in [-0.39, 0.29) is 5.91 Å². The Morgan fingerprint density at radius 1 is 1.14 bits per heavy atom. The van der Waals surface area contributed by atoms with E-state index in [1.54, 1.807) is 11.8 Å². The SMILES string of the molecule is CCCCN1C(=O)/C(=C2/Sc3ccc(Cl)cc3N2C)SC1=Nc1ccccc1C. The highest BCUT2D eigenvalue weighted by molar-refractivity contribution is 8.19. The fourth-order valence-electron chi connectivity index (χ4n) is 3.24. The minimum absolute atomic E-state index is 0.0315. The largest absolute Gasteiger partial charge is 0.337 e. The molecule has 2 aliphatic heterocycles. The molecule has 1 fully saturated rings. The Hall–Kier alpha value is -1.89. The van der Waals surface area contributed by atoms with E-state index in [1.807, 2.05) is 61.3 Å². The van der Waals surface area contributed by atoms with Gasteiger partial charge in [0.1, 0.15) is 4.91 Å². The summed E-state index contributed by atoms with van der Waals surface area (Å²) < 4.78 is 0. The Kier molecular flexibility index (Phi) is 5.95. The molecule has 0 N–H and O–H groups in total. The van der Waals surface area contributed by atoms with Crippen LogP contribution in [0.25, 0.3) is 0 Å². The lowest BCUT2D eigenvalue weighted by Crippen LogP contribution is -2.30. The highest BCUT2D eigenvalue weighted by Gasteiger charge is 2.38. The monoisotopic (exact) mass is 443 g/mol. The number of aliphatic imine (C=N–C) groups is 1. The van der Waals surface area contributed by atoms with Gasteiger partial charge in [-0.3, -0.25) is 9.69 Å². The summed E-state index contributed by atoms with van der Waals surface area (Å²) in [5.41, 5.74) is 3.03. The lowest BCUT2D eigenvalue weighted by molar-refractivity contribution is -0.122. The second-order valence-corrected chi connectivity index (χ2v) is 9.45. The maximum atomic E-state index is 13.3. The van der Waals surface area contributed by atoms with Crippen molar-refractivity contribution in [3.8, 4) is 0 Å². The van der Waals surface area contributed by atoms with E-state index in [9.17, 15) is 4.79 Å². The number of unbranched alkanes of at least 4 members (excludes halogenated alkanes) is 1. The molecule has 0 saturated carbocycles. The number of hydrogen-bond donors (Lipinski definition) is 0. The molecule has 2 heterocycles. The third-order valence-corrected chi connectivity index (χ3v) is 7.59. The van der Waals surface area contributed by atoms with Crippen LogP contribution in [0.3, 0.4) is 0 Å². The smallest absolute Gasteiger partial charge is 0.269 e.